The third-order valence-electron chi connectivity index (χ3n) is 2.88. The van der Waals surface area contributed by atoms with E-state index in [-0.39, 0.29) is 0 Å². The van der Waals surface area contributed by atoms with Crippen LogP contribution in [0.2, 0.25) is 0 Å². The van der Waals surface area contributed by atoms with Crippen LogP contribution in [0.4, 0.5) is 0 Å². The monoisotopic (exact) mass is 366 g/mol. The van der Waals surface area contributed by atoms with E-state index in [0.717, 1.165) is 13.1 Å². The summed E-state index contributed by atoms with van der Waals surface area (Å²) in [7, 11) is -1.66. The molecule has 1 saturated heterocycles. The lowest BCUT2D eigenvalue weighted by atomic mass is 10.0. The molecule has 0 N–H and O–H groups in total. The van der Waals surface area contributed by atoms with Crippen molar-refractivity contribution in [2.75, 3.05) is 26.7 Å². The van der Waals surface area contributed by atoms with Crippen molar-refractivity contribution in [3.63, 3.8) is 0 Å². The van der Waals surface area contributed by atoms with Crippen molar-refractivity contribution in [1.82, 2.24) is 7.42 Å². The summed E-state index contributed by atoms with van der Waals surface area (Å²) in [6, 6.07) is 8.58. The number of sulfonamides is 1. The van der Waals surface area contributed by atoms with Crippen molar-refractivity contribution < 1.29 is 8.42 Å². The second-order valence-corrected chi connectivity index (χ2v) is 7.70. The molecule has 1 heterocycles. The maximum absolute atomic E-state index is 12.2. The van der Waals surface area contributed by atoms with Crippen molar-refractivity contribution in [3.8, 4) is 0 Å². The van der Waals surface area contributed by atoms with E-state index in [1.165, 1.54) is 4.31 Å². The number of benzene rings is 1. The molecule has 1 fully saturated rings. The Morgan fingerprint density at radius 1 is 1.35 bits per heavy atom. The van der Waals surface area contributed by atoms with Gasteiger partial charge in [-0.1, -0.05) is 18.2 Å². The molecule has 0 spiro atoms. The van der Waals surface area contributed by atoms with Gasteiger partial charge in [0.15, 0.2) is 0 Å². The highest BCUT2D eigenvalue weighted by Gasteiger charge is 2.30. The summed E-state index contributed by atoms with van der Waals surface area (Å²) < 4.78 is 28.0. The maximum atomic E-state index is 12.2. The molecular weight excluding hydrogens is 351 g/mol. The molecule has 17 heavy (non-hydrogen) atoms. The molecule has 0 unspecified atom stereocenters. The molecule has 1 aliphatic heterocycles. The molecule has 4 nitrogen and oxygen atoms in total. The van der Waals surface area contributed by atoms with Crippen LogP contribution in [-0.4, -0.2) is 42.5 Å². The van der Waals surface area contributed by atoms with Gasteiger partial charge in [0.2, 0.25) is 10.0 Å². The number of hydrogen-bond acceptors (Lipinski definition) is 3. The fourth-order valence-electron chi connectivity index (χ4n) is 1.86. The zero-order valence-electron chi connectivity index (χ0n) is 9.58. The van der Waals surface area contributed by atoms with Crippen LogP contribution < -0.4 is 0 Å². The molecule has 0 saturated carbocycles. The summed E-state index contributed by atoms with van der Waals surface area (Å²) in [6.07, 6.45) is 0. The molecule has 0 radical (unpaired) electrons. The van der Waals surface area contributed by atoms with Gasteiger partial charge >= 0.3 is 0 Å². The van der Waals surface area contributed by atoms with Crippen LogP contribution in [0.3, 0.4) is 0 Å². The van der Waals surface area contributed by atoms with Gasteiger partial charge < -0.3 is 0 Å². The number of halogens is 1. The summed E-state index contributed by atoms with van der Waals surface area (Å²) in [5.41, 5.74) is 0. The van der Waals surface area contributed by atoms with Gasteiger partial charge in [0, 0.05) is 49.5 Å². The third-order valence-corrected chi connectivity index (χ3v) is 5.50. The van der Waals surface area contributed by atoms with Crippen LogP contribution in [0, 0.1) is 5.92 Å². The lowest BCUT2D eigenvalue weighted by molar-refractivity contribution is 0.211. The largest absolute Gasteiger partial charge is 0.247 e. The van der Waals surface area contributed by atoms with E-state index >= 15 is 0 Å². The molecule has 0 bridgehead atoms. The second kappa shape index (κ2) is 5.21. The standard InChI is InChI=1S/C11H15IN2O2S/c1-13(7-10-8-14(12)9-10)17(15,16)11-5-3-2-4-6-11/h2-6,10H,7-9H2,1H3. The summed E-state index contributed by atoms with van der Waals surface area (Å²) >= 11 is 2.25. The third kappa shape index (κ3) is 2.98. The molecule has 2 rings (SSSR count). The molecule has 1 aliphatic rings. The minimum Gasteiger partial charge on any atom is -0.247 e. The Balaban J connectivity index is 2.05. The fraction of sp³-hybridized carbons (Fsp3) is 0.455. The first kappa shape index (κ1) is 13.3. The van der Waals surface area contributed by atoms with Crippen LogP contribution in [0.1, 0.15) is 0 Å². The van der Waals surface area contributed by atoms with Crippen molar-refractivity contribution in [2.45, 2.75) is 4.90 Å². The highest BCUT2D eigenvalue weighted by molar-refractivity contribution is 14.1. The maximum Gasteiger partial charge on any atom is 0.242 e. The molecule has 0 atom stereocenters. The van der Waals surface area contributed by atoms with Crippen molar-refractivity contribution >= 4 is 32.9 Å². The number of rotatable bonds is 4. The Hall–Kier alpha value is -0.180. The molecular formula is C11H15IN2O2S. The number of hydrogen-bond donors (Lipinski definition) is 0. The van der Waals surface area contributed by atoms with E-state index in [1.807, 2.05) is 6.07 Å². The van der Waals surface area contributed by atoms with E-state index in [0.29, 0.717) is 17.4 Å². The molecule has 1 aromatic rings. The summed E-state index contributed by atoms with van der Waals surface area (Å²) in [4.78, 5) is 0.369. The van der Waals surface area contributed by atoms with Crippen molar-refractivity contribution in [2.24, 2.45) is 5.92 Å². The first-order valence-electron chi connectivity index (χ1n) is 5.42. The summed E-state index contributed by atoms with van der Waals surface area (Å²) in [6.45, 7) is 2.53. The first-order chi connectivity index (χ1) is 8.00. The van der Waals surface area contributed by atoms with Gasteiger partial charge in [-0.25, -0.2) is 15.8 Å². The minimum absolute atomic E-state index is 0.369. The lowest BCUT2D eigenvalue weighted by Gasteiger charge is -2.36. The highest BCUT2D eigenvalue weighted by atomic mass is 127. The lowest BCUT2D eigenvalue weighted by Crippen LogP contribution is -2.46. The zero-order chi connectivity index (χ0) is 12.5. The Kier molecular flexibility index (Phi) is 4.06. The predicted octanol–water partition coefficient (Wildman–Crippen LogP) is 1.59. The first-order valence-corrected chi connectivity index (χ1v) is 7.83. The second-order valence-electron chi connectivity index (χ2n) is 4.29. The van der Waals surface area contributed by atoms with Gasteiger partial charge in [-0.3, -0.25) is 0 Å². The van der Waals surface area contributed by atoms with Crippen molar-refractivity contribution in [1.29, 1.82) is 0 Å². The SMILES string of the molecule is CN(CC1CN(I)C1)S(=O)(=O)c1ccccc1. The fourth-order valence-corrected chi connectivity index (χ4v) is 4.24. The van der Waals surface area contributed by atoms with Crippen LogP contribution in [-0.2, 0) is 10.0 Å². The van der Waals surface area contributed by atoms with Gasteiger partial charge in [0.05, 0.1) is 4.90 Å². The van der Waals surface area contributed by atoms with Gasteiger partial charge in [-0.2, -0.15) is 0 Å². The van der Waals surface area contributed by atoms with Gasteiger partial charge in [-0.05, 0) is 18.1 Å². The van der Waals surface area contributed by atoms with E-state index in [4.69, 9.17) is 0 Å². The highest BCUT2D eigenvalue weighted by Crippen LogP contribution is 2.22. The molecule has 1 aromatic carbocycles. The summed E-state index contributed by atoms with van der Waals surface area (Å²) in [5.74, 6) is 0.454. The van der Waals surface area contributed by atoms with Gasteiger partial charge in [-0.15, -0.1) is 0 Å². The minimum atomic E-state index is -3.32. The summed E-state index contributed by atoms with van der Waals surface area (Å²) in [5, 5.41) is 0. The normalized spacial score (nSPS) is 18.3. The predicted molar refractivity (Wildman–Crippen MR) is 75.3 cm³/mol. The molecule has 0 amide bonds. The Labute approximate surface area is 116 Å². The molecule has 0 aromatic heterocycles. The molecule has 94 valence electrons. The van der Waals surface area contributed by atoms with E-state index < -0.39 is 10.0 Å². The topological polar surface area (TPSA) is 40.6 Å². The van der Waals surface area contributed by atoms with Gasteiger partial charge in [0.1, 0.15) is 0 Å². The van der Waals surface area contributed by atoms with E-state index in [2.05, 4.69) is 26.0 Å². The van der Waals surface area contributed by atoms with Crippen molar-refractivity contribution in [3.05, 3.63) is 30.3 Å². The zero-order valence-corrected chi connectivity index (χ0v) is 12.6. The van der Waals surface area contributed by atoms with Gasteiger partial charge in [0.25, 0.3) is 0 Å². The van der Waals surface area contributed by atoms with E-state index in [1.54, 1.807) is 31.3 Å². The average Bonchev–Trinajstić information content (AvgIpc) is 2.28. The van der Waals surface area contributed by atoms with Crippen LogP contribution in [0.5, 0.6) is 0 Å². The Morgan fingerprint density at radius 3 is 2.47 bits per heavy atom. The molecule has 0 aliphatic carbocycles. The average molecular weight is 366 g/mol. The van der Waals surface area contributed by atoms with Crippen LogP contribution in [0.15, 0.2) is 35.2 Å². The Morgan fingerprint density at radius 2 is 1.94 bits per heavy atom. The quantitative estimate of drug-likeness (QED) is 0.600. The molecule has 6 heteroatoms. The smallest absolute Gasteiger partial charge is 0.242 e. The van der Waals surface area contributed by atoms with E-state index in [9.17, 15) is 8.42 Å². The van der Waals surface area contributed by atoms with Crippen LogP contribution in [0.25, 0.3) is 0 Å². The number of nitrogens with zero attached hydrogens (tertiary/aromatic N) is 2. The van der Waals surface area contributed by atoms with Crippen LogP contribution >= 0.6 is 22.9 Å². The Bertz CT molecular complexity index is 472.